The van der Waals surface area contributed by atoms with Crippen LogP contribution in [0.2, 0.25) is 0 Å². The lowest BCUT2D eigenvalue weighted by molar-refractivity contribution is -0.123. The second kappa shape index (κ2) is 7.16. The van der Waals surface area contributed by atoms with Gasteiger partial charge in [0.15, 0.2) is 18.2 Å². The van der Waals surface area contributed by atoms with Crippen LogP contribution in [-0.2, 0) is 4.79 Å². The lowest BCUT2D eigenvalue weighted by Gasteiger charge is -2.09. The van der Waals surface area contributed by atoms with Crippen LogP contribution < -0.4 is 15.6 Å². The van der Waals surface area contributed by atoms with Crippen LogP contribution in [-0.4, -0.2) is 18.4 Å². The van der Waals surface area contributed by atoms with Crippen LogP contribution in [0, 0.1) is 11.6 Å². The molecule has 0 radical (unpaired) electrons. The molecule has 0 aromatic heterocycles. The van der Waals surface area contributed by atoms with E-state index in [-0.39, 0.29) is 11.3 Å². The first-order valence-corrected chi connectivity index (χ1v) is 6.29. The summed E-state index contributed by atoms with van der Waals surface area (Å²) in [6, 6.07) is 10.9. The summed E-state index contributed by atoms with van der Waals surface area (Å²) in [5.41, 5.74) is 3.87. The molecule has 0 aliphatic carbocycles. The third-order valence-electron chi connectivity index (χ3n) is 2.63. The molecule has 5 nitrogen and oxygen atoms in total. The molecule has 0 saturated heterocycles. The van der Waals surface area contributed by atoms with Crippen LogP contribution in [0.4, 0.5) is 8.78 Å². The number of hydrogen-bond donors (Lipinski definition) is 2. The summed E-state index contributed by atoms with van der Waals surface area (Å²) >= 11 is 0. The quantitative estimate of drug-likeness (QED) is 0.847. The molecule has 0 aliphatic heterocycles. The Labute approximate surface area is 124 Å². The van der Waals surface area contributed by atoms with Gasteiger partial charge in [-0.3, -0.25) is 20.4 Å². The second-order valence-corrected chi connectivity index (χ2v) is 4.20. The van der Waals surface area contributed by atoms with Gasteiger partial charge >= 0.3 is 0 Å². The van der Waals surface area contributed by atoms with E-state index in [2.05, 4.69) is 0 Å². The Morgan fingerprint density at radius 2 is 1.55 bits per heavy atom. The van der Waals surface area contributed by atoms with Gasteiger partial charge in [-0.2, -0.15) is 0 Å². The fraction of sp³-hybridized carbons (Fsp3) is 0.0667. The number of halogens is 2. The molecule has 2 aromatic rings. The minimum absolute atomic E-state index is 0.0851. The molecule has 0 atom stereocenters. The average molecular weight is 306 g/mol. The first kappa shape index (κ1) is 15.4. The van der Waals surface area contributed by atoms with Crippen molar-refractivity contribution in [2.75, 3.05) is 6.61 Å². The van der Waals surface area contributed by atoms with E-state index in [1.165, 1.54) is 36.4 Å². The smallest absolute Gasteiger partial charge is 0.276 e. The summed E-state index contributed by atoms with van der Waals surface area (Å²) in [5.74, 6) is -2.93. The number of hydrazine groups is 1. The van der Waals surface area contributed by atoms with Crippen LogP contribution in [0.15, 0.2) is 48.5 Å². The summed E-state index contributed by atoms with van der Waals surface area (Å²) in [6.45, 7) is -0.502. The molecule has 0 fully saturated rings. The normalized spacial score (nSPS) is 9.91. The molecule has 7 heteroatoms. The number of nitrogens with one attached hydrogen (secondary N) is 2. The van der Waals surface area contributed by atoms with Gasteiger partial charge in [0.2, 0.25) is 0 Å². The Hall–Kier alpha value is -2.96. The Bertz CT molecular complexity index is 692. The van der Waals surface area contributed by atoms with Crippen molar-refractivity contribution in [1.82, 2.24) is 10.9 Å². The Balaban J connectivity index is 1.82. The molecule has 2 rings (SSSR count). The van der Waals surface area contributed by atoms with Gasteiger partial charge in [0, 0.05) is 0 Å². The SMILES string of the molecule is O=C(COc1ccccc1F)NNC(=O)c1ccccc1F. The average Bonchev–Trinajstić information content (AvgIpc) is 2.52. The maximum absolute atomic E-state index is 13.3. The van der Waals surface area contributed by atoms with Crippen LogP contribution in [0.1, 0.15) is 10.4 Å². The maximum Gasteiger partial charge on any atom is 0.276 e. The van der Waals surface area contributed by atoms with E-state index in [1.54, 1.807) is 6.07 Å². The summed E-state index contributed by atoms with van der Waals surface area (Å²) in [4.78, 5) is 23.1. The highest BCUT2D eigenvalue weighted by atomic mass is 19.1. The van der Waals surface area contributed by atoms with Crippen molar-refractivity contribution in [2.24, 2.45) is 0 Å². The zero-order valence-electron chi connectivity index (χ0n) is 11.3. The van der Waals surface area contributed by atoms with Crippen LogP contribution in [0.3, 0.4) is 0 Å². The Kier molecular flexibility index (Phi) is 5.02. The number of ether oxygens (including phenoxy) is 1. The minimum atomic E-state index is -0.808. The van der Waals surface area contributed by atoms with E-state index < -0.39 is 30.1 Å². The number of rotatable bonds is 4. The first-order chi connectivity index (χ1) is 10.6. The first-order valence-electron chi connectivity index (χ1n) is 6.29. The monoisotopic (exact) mass is 306 g/mol. The molecular weight excluding hydrogens is 294 g/mol. The topological polar surface area (TPSA) is 67.4 Å². The zero-order valence-corrected chi connectivity index (χ0v) is 11.3. The van der Waals surface area contributed by atoms with Crippen molar-refractivity contribution >= 4 is 11.8 Å². The van der Waals surface area contributed by atoms with Gasteiger partial charge in [-0.25, -0.2) is 8.78 Å². The third kappa shape index (κ3) is 4.02. The van der Waals surface area contributed by atoms with Crippen LogP contribution >= 0.6 is 0 Å². The molecule has 0 bridgehead atoms. The molecule has 114 valence electrons. The Morgan fingerprint density at radius 3 is 2.23 bits per heavy atom. The summed E-state index contributed by atoms with van der Waals surface area (Å²) in [5, 5.41) is 0. The number of hydrogen-bond acceptors (Lipinski definition) is 3. The summed E-state index contributed by atoms with van der Waals surface area (Å²) in [6.07, 6.45) is 0. The molecule has 2 aromatic carbocycles. The fourth-order valence-corrected chi connectivity index (χ4v) is 1.58. The molecule has 0 aliphatic rings. The number of benzene rings is 2. The zero-order chi connectivity index (χ0) is 15.9. The van der Waals surface area contributed by atoms with E-state index in [1.807, 2.05) is 10.9 Å². The number of carbonyl (C=O) groups is 2. The standard InChI is InChI=1S/C15H12F2N2O3/c16-11-6-2-1-5-10(11)15(21)19-18-14(20)9-22-13-8-4-3-7-12(13)17/h1-8H,9H2,(H,18,20)(H,19,21). The lowest BCUT2D eigenvalue weighted by atomic mass is 10.2. The largest absolute Gasteiger partial charge is 0.481 e. The summed E-state index contributed by atoms with van der Waals surface area (Å²) in [7, 11) is 0. The van der Waals surface area contributed by atoms with Gasteiger partial charge < -0.3 is 4.74 Å². The highest BCUT2D eigenvalue weighted by molar-refractivity contribution is 5.95. The molecule has 22 heavy (non-hydrogen) atoms. The van der Waals surface area contributed by atoms with Gasteiger partial charge in [-0.1, -0.05) is 24.3 Å². The van der Waals surface area contributed by atoms with Crippen molar-refractivity contribution in [1.29, 1.82) is 0 Å². The lowest BCUT2D eigenvalue weighted by Crippen LogP contribution is -2.44. The number of para-hydroxylation sites is 1. The van der Waals surface area contributed by atoms with Gasteiger partial charge in [0.1, 0.15) is 5.82 Å². The molecule has 0 heterocycles. The van der Waals surface area contributed by atoms with E-state index in [0.717, 1.165) is 6.07 Å². The van der Waals surface area contributed by atoms with Crippen molar-refractivity contribution in [3.8, 4) is 5.75 Å². The molecule has 2 N–H and O–H groups in total. The van der Waals surface area contributed by atoms with E-state index in [4.69, 9.17) is 4.74 Å². The summed E-state index contributed by atoms with van der Waals surface area (Å²) < 4.78 is 31.5. The highest BCUT2D eigenvalue weighted by Gasteiger charge is 2.12. The van der Waals surface area contributed by atoms with Gasteiger partial charge in [-0.15, -0.1) is 0 Å². The predicted octanol–water partition coefficient (Wildman–Crippen LogP) is 1.80. The van der Waals surface area contributed by atoms with Gasteiger partial charge in [0.05, 0.1) is 5.56 Å². The van der Waals surface area contributed by atoms with Crippen LogP contribution in [0.5, 0.6) is 5.75 Å². The molecular formula is C15H12F2N2O3. The van der Waals surface area contributed by atoms with Crippen LogP contribution in [0.25, 0.3) is 0 Å². The van der Waals surface area contributed by atoms with Gasteiger partial charge in [-0.05, 0) is 24.3 Å². The molecule has 0 spiro atoms. The molecule has 0 saturated carbocycles. The third-order valence-corrected chi connectivity index (χ3v) is 2.63. The van der Waals surface area contributed by atoms with Crippen molar-refractivity contribution in [3.63, 3.8) is 0 Å². The van der Waals surface area contributed by atoms with Crippen molar-refractivity contribution < 1.29 is 23.1 Å². The van der Waals surface area contributed by atoms with Gasteiger partial charge in [0.25, 0.3) is 11.8 Å². The fourth-order valence-electron chi connectivity index (χ4n) is 1.58. The predicted molar refractivity (Wildman–Crippen MR) is 73.9 cm³/mol. The van der Waals surface area contributed by atoms with Crippen molar-refractivity contribution in [3.05, 3.63) is 65.7 Å². The maximum atomic E-state index is 13.3. The minimum Gasteiger partial charge on any atom is -0.481 e. The van der Waals surface area contributed by atoms with E-state index in [0.29, 0.717) is 0 Å². The molecule has 0 unspecified atom stereocenters. The van der Waals surface area contributed by atoms with E-state index in [9.17, 15) is 18.4 Å². The highest BCUT2D eigenvalue weighted by Crippen LogP contribution is 2.14. The number of carbonyl (C=O) groups excluding carboxylic acids is 2. The Morgan fingerprint density at radius 1 is 0.909 bits per heavy atom. The van der Waals surface area contributed by atoms with Crippen molar-refractivity contribution in [2.45, 2.75) is 0 Å². The number of amides is 2. The van der Waals surface area contributed by atoms with E-state index >= 15 is 0 Å². The molecule has 2 amide bonds. The second-order valence-electron chi connectivity index (χ2n) is 4.20.